The van der Waals surface area contributed by atoms with Gasteiger partial charge in [0.15, 0.2) is 11.5 Å². The maximum absolute atomic E-state index is 12.4. The Kier molecular flexibility index (Phi) is 7.52. The van der Waals surface area contributed by atoms with Gasteiger partial charge in [-0.3, -0.25) is 4.79 Å². The van der Waals surface area contributed by atoms with Gasteiger partial charge in [0, 0.05) is 10.9 Å². The average molecular weight is 383 g/mol. The highest BCUT2D eigenvalue weighted by molar-refractivity contribution is 7.09. The number of rotatable bonds is 9. The molecule has 0 spiro atoms. The second-order valence-corrected chi connectivity index (χ2v) is 6.93. The first-order valence-corrected chi connectivity index (χ1v) is 9.59. The minimum atomic E-state index is -0.228. The van der Waals surface area contributed by atoms with E-state index in [0.29, 0.717) is 41.8 Å². The summed E-state index contributed by atoms with van der Waals surface area (Å²) >= 11 is 7.87. The predicted molar refractivity (Wildman–Crippen MR) is 101 cm³/mol. The summed E-state index contributed by atoms with van der Waals surface area (Å²) in [4.78, 5) is 16.7. The van der Waals surface area contributed by atoms with Crippen molar-refractivity contribution in [3.8, 4) is 11.5 Å². The molecule has 0 radical (unpaired) electrons. The third-order valence-corrected chi connectivity index (χ3v) is 4.52. The van der Waals surface area contributed by atoms with E-state index in [1.807, 2.05) is 19.2 Å². The second kappa shape index (κ2) is 9.63. The molecule has 0 aliphatic heterocycles. The number of aromatic nitrogens is 1. The minimum absolute atomic E-state index is 0.228. The molecule has 7 heteroatoms. The first kappa shape index (κ1) is 19.5. The van der Waals surface area contributed by atoms with Gasteiger partial charge in [0.05, 0.1) is 35.5 Å². The van der Waals surface area contributed by atoms with Crippen LogP contribution in [-0.2, 0) is 6.54 Å². The summed E-state index contributed by atoms with van der Waals surface area (Å²) in [5, 5.41) is 6.12. The molecule has 2 rings (SSSR count). The summed E-state index contributed by atoms with van der Waals surface area (Å²) in [6, 6.07) is 3.27. The van der Waals surface area contributed by atoms with E-state index >= 15 is 0 Å². The molecule has 1 aromatic heterocycles. The van der Waals surface area contributed by atoms with Gasteiger partial charge in [-0.25, -0.2) is 4.98 Å². The number of halogens is 1. The molecule has 1 aromatic carbocycles. The summed E-state index contributed by atoms with van der Waals surface area (Å²) in [6.07, 6.45) is 1.95. The van der Waals surface area contributed by atoms with Crippen LogP contribution < -0.4 is 14.8 Å². The number of thiazole rings is 1. The zero-order valence-electron chi connectivity index (χ0n) is 14.7. The Bertz CT molecular complexity index is 718. The van der Waals surface area contributed by atoms with E-state index in [9.17, 15) is 4.79 Å². The van der Waals surface area contributed by atoms with Gasteiger partial charge in [0.25, 0.3) is 5.91 Å². The van der Waals surface area contributed by atoms with Gasteiger partial charge in [0.2, 0.25) is 0 Å². The molecule has 0 unspecified atom stereocenters. The molecule has 1 heterocycles. The number of carbonyl (C=O) groups excluding carboxylic acids is 1. The second-order valence-electron chi connectivity index (χ2n) is 5.46. The zero-order valence-corrected chi connectivity index (χ0v) is 16.3. The van der Waals surface area contributed by atoms with Gasteiger partial charge < -0.3 is 14.8 Å². The van der Waals surface area contributed by atoms with Crippen LogP contribution in [0.5, 0.6) is 11.5 Å². The Hall–Kier alpha value is -1.79. The van der Waals surface area contributed by atoms with Crippen molar-refractivity contribution in [1.29, 1.82) is 0 Å². The van der Waals surface area contributed by atoms with Crippen LogP contribution in [-0.4, -0.2) is 24.1 Å². The monoisotopic (exact) mass is 382 g/mol. The van der Waals surface area contributed by atoms with Crippen LogP contribution in [0.4, 0.5) is 0 Å². The normalized spacial score (nSPS) is 10.6. The number of carbonyl (C=O) groups is 1. The number of aryl methyl sites for hydroxylation is 1. The third-order valence-electron chi connectivity index (χ3n) is 3.41. The number of ether oxygens (including phenoxy) is 2. The van der Waals surface area contributed by atoms with E-state index in [1.165, 1.54) is 0 Å². The number of benzene rings is 1. The Morgan fingerprint density at radius 2 is 2.12 bits per heavy atom. The summed E-state index contributed by atoms with van der Waals surface area (Å²) in [5.41, 5.74) is 1.27. The topological polar surface area (TPSA) is 60.5 Å². The molecule has 0 fully saturated rings. The number of nitrogens with zero attached hydrogens (tertiary/aromatic N) is 1. The number of nitrogens with one attached hydrogen (secondary N) is 1. The molecule has 25 heavy (non-hydrogen) atoms. The van der Waals surface area contributed by atoms with E-state index in [2.05, 4.69) is 17.2 Å². The molecule has 0 aliphatic rings. The van der Waals surface area contributed by atoms with E-state index in [1.54, 1.807) is 23.5 Å². The molecule has 0 saturated heterocycles. The maximum atomic E-state index is 12.4. The fourth-order valence-electron chi connectivity index (χ4n) is 2.18. The Balaban J connectivity index is 2.12. The summed E-state index contributed by atoms with van der Waals surface area (Å²) < 4.78 is 11.3. The molecule has 1 amide bonds. The van der Waals surface area contributed by atoms with Gasteiger partial charge in [-0.15, -0.1) is 11.3 Å². The molecule has 0 bridgehead atoms. The Morgan fingerprint density at radius 1 is 1.32 bits per heavy atom. The molecule has 0 atom stereocenters. The largest absolute Gasteiger partial charge is 0.490 e. The molecule has 0 aliphatic carbocycles. The highest BCUT2D eigenvalue weighted by Crippen LogP contribution is 2.36. The fourth-order valence-corrected chi connectivity index (χ4v) is 3.06. The molecule has 0 saturated carbocycles. The number of amides is 1. The van der Waals surface area contributed by atoms with Crippen molar-refractivity contribution in [3.05, 3.63) is 38.8 Å². The molecular formula is C18H23ClN2O3S. The SMILES string of the molecule is CCCCOc1c(Cl)cc(C(=O)NCc2csc(C)n2)cc1OCC. The van der Waals surface area contributed by atoms with Crippen LogP contribution in [0.25, 0.3) is 0 Å². The zero-order chi connectivity index (χ0) is 18.2. The van der Waals surface area contributed by atoms with Crippen molar-refractivity contribution in [2.24, 2.45) is 0 Å². The van der Waals surface area contributed by atoms with Crippen LogP contribution in [0.2, 0.25) is 5.02 Å². The Labute approximate surface area is 157 Å². The van der Waals surface area contributed by atoms with E-state index < -0.39 is 0 Å². The van der Waals surface area contributed by atoms with Crippen molar-refractivity contribution in [1.82, 2.24) is 10.3 Å². The van der Waals surface area contributed by atoms with Crippen molar-refractivity contribution < 1.29 is 14.3 Å². The minimum Gasteiger partial charge on any atom is -0.490 e. The highest BCUT2D eigenvalue weighted by atomic mass is 35.5. The van der Waals surface area contributed by atoms with E-state index in [-0.39, 0.29) is 5.91 Å². The molecule has 2 aromatic rings. The van der Waals surface area contributed by atoms with Gasteiger partial charge in [0.1, 0.15) is 0 Å². The van der Waals surface area contributed by atoms with Crippen molar-refractivity contribution >= 4 is 28.8 Å². The molecule has 5 nitrogen and oxygen atoms in total. The lowest BCUT2D eigenvalue weighted by atomic mass is 10.2. The van der Waals surface area contributed by atoms with Crippen LogP contribution in [0.3, 0.4) is 0 Å². The smallest absolute Gasteiger partial charge is 0.251 e. The average Bonchev–Trinajstić information content (AvgIpc) is 3.00. The first-order chi connectivity index (χ1) is 12.0. The van der Waals surface area contributed by atoms with Crippen molar-refractivity contribution in [2.45, 2.75) is 40.2 Å². The molecular weight excluding hydrogens is 360 g/mol. The fraction of sp³-hybridized carbons (Fsp3) is 0.444. The Morgan fingerprint density at radius 3 is 2.76 bits per heavy atom. The van der Waals surface area contributed by atoms with Crippen molar-refractivity contribution in [2.75, 3.05) is 13.2 Å². The van der Waals surface area contributed by atoms with E-state index in [4.69, 9.17) is 21.1 Å². The van der Waals surface area contributed by atoms with Crippen molar-refractivity contribution in [3.63, 3.8) is 0 Å². The van der Waals surface area contributed by atoms with Gasteiger partial charge in [-0.2, -0.15) is 0 Å². The van der Waals surface area contributed by atoms with E-state index in [0.717, 1.165) is 23.5 Å². The predicted octanol–water partition coefficient (Wildman–Crippen LogP) is 4.61. The third kappa shape index (κ3) is 5.61. The molecule has 136 valence electrons. The molecule has 1 N–H and O–H groups in total. The highest BCUT2D eigenvalue weighted by Gasteiger charge is 2.16. The van der Waals surface area contributed by atoms with Crippen LogP contribution >= 0.6 is 22.9 Å². The van der Waals surface area contributed by atoms with Crippen LogP contribution in [0, 0.1) is 6.92 Å². The number of hydrogen-bond acceptors (Lipinski definition) is 5. The number of unbranched alkanes of at least 4 members (excludes halogenated alkanes) is 1. The summed E-state index contributed by atoms with van der Waals surface area (Å²) in [5.74, 6) is 0.748. The van der Waals surface area contributed by atoms with Gasteiger partial charge in [-0.05, 0) is 32.4 Å². The number of hydrogen-bond donors (Lipinski definition) is 1. The van der Waals surface area contributed by atoms with Gasteiger partial charge >= 0.3 is 0 Å². The van der Waals surface area contributed by atoms with Crippen LogP contribution in [0.1, 0.15) is 47.7 Å². The standard InChI is InChI=1S/C18H23ClN2O3S/c1-4-6-7-24-17-15(19)8-13(9-16(17)23-5-2)18(22)20-10-14-11-25-12(3)21-14/h8-9,11H,4-7,10H2,1-3H3,(H,20,22). The summed E-state index contributed by atoms with van der Waals surface area (Å²) in [6.45, 7) is 7.29. The lowest BCUT2D eigenvalue weighted by Gasteiger charge is -2.15. The lowest BCUT2D eigenvalue weighted by molar-refractivity contribution is 0.0950. The first-order valence-electron chi connectivity index (χ1n) is 8.33. The quantitative estimate of drug-likeness (QED) is 0.643. The lowest BCUT2D eigenvalue weighted by Crippen LogP contribution is -2.23. The summed E-state index contributed by atoms with van der Waals surface area (Å²) in [7, 11) is 0. The maximum Gasteiger partial charge on any atom is 0.251 e. The van der Waals surface area contributed by atoms with Gasteiger partial charge in [-0.1, -0.05) is 24.9 Å². The van der Waals surface area contributed by atoms with Crippen LogP contribution in [0.15, 0.2) is 17.5 Å².